The van der Waals surface area contributed by atoms with E-state index in [2.05, 4.69) is 20.2 Å². The molecule has 3 aliphatic heterocycles. The van der Waals surface area contributed by atoms with Gasteiger partial charge in [-0.2, -0.15) is 0 Å². The second-order valence-corrected chi connectivity index (χ2v) is 8.97. The number of ether oxygens (including phenoxy) is 2. The molecule has 1 atom stereocenters. The lowest BCUT2D eigenvalue weighted by Crippen LogP contribution is -2.50. The number of fused-ring (bicyclic) bond motifs is 1. The Labute approximate surface area is 190 Å². The molecule has 8 nitrogen and oxygen atoms in total. The molecular weight excluding hydrogens is 425 g/mol. The highest BCUT2D eigenvalue weighted by Crippen LogP contribution is 2.30. The smallest absolute Gasteiger partial charge is 0.251 e. The maximum absolute atomic E-state index is 14.6. The van der Waals surface area contributed by atoms with Gasteiger partial charge in [0.05, 0.1) is 29.1 Å². The second kappa shape index (κ2) is 8.39. The topological polar surface area (TPSA) is 81.5 Å². The van der Waals surface area contributed by atoms with Crippen molar-refractivity contribution in [3.63, 3.8) is 0 Å². The van der Waals surface area contributed by atoms with Crippen LogP contribution in [0.25, 0.3) is 11.0 Å². The summed E-state index contributed by atoms with van der Waals surface area (Å²) >= 11 is 0. The number of aromatic nitrogens is 3. The Kier molecular flexibility index (Phi) is 5.22. The monoisotopic (exact) mass is 451 g/mol. The number of hydrogen-bond donors (Lipinski definition) is 1. The Morgan fingerprint density at radius 2 is 1.91 bits per heavy atom. The normalized spacial score (nSPS) is 20.8. The zero-order valence-electron chi connectivity index (χ0n) is 18.3. The zero-order valence-corrected chi connectivity index (χ0v) is 18.3. The molecule has 0 bridgehead atoms. The van der Waals surface area contributed by atoms with Gasteiger partial charge in [-0.05, 0) is 38.4 Å². The van der Waals surface area contributed by atoms with Crippen LogP contribution < -0.4 is 20.3 Å². The van der Waals surface area contributed by atoms with Crippen molar-refractivity contribution in [2.45, 2.75) is 44.4 Å². The van der Waals surface area contributed by atoms with Crippen LogP contribution in [-0.4, -0.2) is 57.8 Å². The number of nitrogens with one attached hydrogen (secondary N) is 1. The molecule has 6 rings (SSSR count). The molecule has 0 aliphatic carbocycles. The third-order valence-corrected chi connectivity index (χ3v) is 6.99. The van der Waals surface area contributed by atoms with Gasteiger partial charge in [0, 0.05) is 42.9 Å². The number of nitrogens with zero attached hydrogens (tertiary/aromatic N) is 4. The van der Waals surface area contributed by atoms with Gasteiger partial charge >= 0.3 is 0 Å². The maximum Gasteiger partial charge on any atom is 0.251 e. The third kappa shape index (κ3) is 3.85. The third-order valence-electron chi connectivity index (χ3n) is 6.99. The van der Waals surface area contributed by atoms with Crippen molar-refractivity contribution in [2.24, 2.45) is 0 Å². The molecule has 33 heavy (non-hydrogen) atoms. The summed E-state index contributed by atoms with van der Waals surface area (Å²) in [6.07, 6.45) is 5.59. The van der Waals surface area contributed by atoms with Gasteiger partial charge in [-0.15, -0.1) is 0 Å². The first kappa shape index (κ1) is 20.6. The standard InChI is InChI=1S/C24H26FN5O3/c25-19-12-28-20-1-2-23(31)30-14-17(10-18(19)24(20)30)29-5-3-15(4-6-29)26-11-16-9-21-22(13-27-16)33-8-7-32-21/h1-2,9,12-13,15,17,26H,3-8,10-11,14H2/t17-/m1/s1. The molecule has 1 saturated heterocycles. The highest BCUT2D eigenvalue weighted by Gasteiger charge is 2.31. The van der Waals surface area contributed by atoms with E-state index in [-0.39, 0.29) is 17.4 Å². The molecule has 0 spiro atoms. The van der Waals surface area contributed by atoms with Crippen LogP contribution in [0.2, 0.25) is 0 Å². The van der Waals surface area contributed by atoms with Crippen LogP contribution in [0.3, 0.4) is 0 Å². The number of piperidine rings is 1. The van der Waals surface area contributed by atoms with Crippen LogP contribution >= 0.6 is 0 Å². The number of rotatable bonds is 4. The van der Waals surface area contributed by atoms with Crippen LogP contribution in [-0.2, 0) is 19.5 Å². The molecule has 9 heteroatoms. The second-order valence-electron chi connectivity index (χ2n) is 8.97. The summed E-state index contributed by atoms with van der Waals surface area (Å²) in [6.45, 7) is 4.19. The Hall–Kier alpha value is -3.04. The number of hydrogen-bond acceptors (Lipinski definition) is 7. The van der Waals surface area contributed by atoms with Gasteiger partial charge in [-0.25, -0.2) is 4.39 Å². The molecular formula is C24H26FN5O3. The van der Waals surface area contributed by atoms with Crippen molar-refractivity contribution in [3.8, 4) is 11.5 Å². The van der Waals surface area contributed by atoms with E-state index in [1.54, 1.807) is 16.8 Å². The summed E-state index contributed by atoms with van der Waals surface area (Å²) in [5.74, 6) is 1.14. The van der Waals surface area contributed by atoms with Crippen LogP contribution in [0.4, 0.5) is 4.39 Å². The average Bonchev–Trinajstić information content (AvgIpc) is 2.86. The van der Waals surface area contributed by atoms with Gasteiger partial charge in [-0.1, -0.05) is 0 Å². The van der Waals surface area contributed by atoms with E-state index < -0.39 is 0 Å². The summed E-state index contributed by atoms with van der Waals surface area (Å²) in [6, 6.07) is 5.65. The van der Waals surface area contributed by atoms with E-state index in [9.17, 15) is 9.18 Å². The lowest BCUT2D eigenvalue weighted by atomic mass is 9.95. The maximum atomic E-state index is 14.6. The number of pyridine rings is 3. The predicted octanol–water partition coefficient (Wildman–Crippen LogP) is 1.88. The Morgan fingerprint density at radius 1 is 1.09 bits per heavy atom. The first-order chi connectivity index (χ1) is 16.2. The molecule has 0 aromatic carbocycles. The molecule has 0 amide bonds. The highest BCUT2D eigenvalue weighted by atomic mass is 19.1. The van der Waals surface area contributed by atoms with E-state index in [0.29, 0.717) is 61.1 Å². The summed E-state index contributed by atoms with van der Waals surface area (Å²) in [7, 11) is 0. The van der Waals surface area contributed by atoms with E-state index in [4.69, 9.17) is 9.47 Å². The van der Waals surface area contributed by atoms with E-state index >= 15 is 0 Å². The quantitative estimate of drug-likeness (QED) is 0.649. The Bertz CT molecular complexity index is 1250. The molecule has 1 fully saturated rings. The highest BCUT2D eigenvalue weighted by molar-refractivity contribution is 5.79. The fourth-order valence-corrected chi connectivity index (χ4v) is 5.24. The van der Waals surface area contributed by atoms with Crippen molar-refractivity contribution < 1.29 is 13.9 Å². The zero-order chi connectivity index (χ0) is 22.4. The molecule has 172 valence electrons. The molecule has 3 aromatic heterocycles. The van der Waals surface area contributed by atoms with Crippen molar-refractivity contribution in [3.05, 3.63) is 58.0 Å². The predicted molar refractivity (Wildman–Crippen MR) is 120 cm³/mol. The van der Waals surface area contributed by atoms with Crippen LogP contribution in [0.5, 0.6) is 11.5 Å². The molecule has 0 unspecified atom stereocenters. The SMILES string of the molecule is O=c1ccc2ncc(F)c3c2n1C[C@H](N1CCC(NCc2cc4c(cn2)OCCO4)CC1)C3. The Morgan fingerprint density at radius 3 is 2.76 bits per heavy atom. The fourth-order valence-electron chi connectivity index (χ4n) is 5.24. The molecule has 3 aliphatic rings. The van der Waals surface area contributed by atoms with Crippen molar-refractivity contribution in [2.75, 3.05) is 26.3 Å². The first-order valence-corrected chi connectivity index (χ1v) is 11.5. The van der Waals surface area contributed by atoms with Crippen LogP contribution in [0, 0.1) is 5.82 Å². The van der Waals surface area contributed by atoms with E-state index in [0.717, 1.165) is 37.4 Å². The van der Waals surface area contributed by atoms with Gasteiger partial charge in [0.25, 0.3) is 5.56 Å². The van der Waals surface area contributed by atoms with Gasteiger partial charge in [-0.3, -0.25) is 19.7 Å². The summed E-state index contributed by atoms with van der Waals surface area (Å²) in [5.41, 5.74) is 2.78. The van der Waals surface area contributed by atoms with Crippen LogP contribution in [0.15, 0.2) is 35.4 Å². The minimum atomic E-state index is -0.324. The summed E-state index contributed by atoms with van der Waals surface area (Å²) in [4.78, 5) is 23.5. The van der Waals surface area contributed by atoms with Gasteiger partial charge < -0.3 is 19.4 Å². The van der Waals surface area contributed by atoms with Gasteiger partial charge in [0.2, 0.25) is 0 Å². The molecule has 1 N–H and O–H groups in total. The summed E-state index contributed by atoms with van der Waals surface area (Å²) < 4.78 is 27.5. The Balaban J connectivity index is 1.09. The first-order valence-electron chi connectivity index (χ1n) is 11.5. The molecule has 0 radical (unpaired) electrons. The van der Waals surface area contributed by atoms with Crippen LogP contribution in [0.1, 0.15) is 24.1 Å². The minimum Gasteiger partial charge on any atom is -0.486 e. The lowest BCUT2D eigenvalue weighted by molar-refractivity contribution is 0.126. The molecule has 3 aromatic rings. The lowest BCUT2D eigenvalue weighted by Gasteiger charge is -2.40. The van der Waals surface area contributed by atoms with Crippen molar-refractivity contribution in [1.82, 2.24) is 24.8 Å². The van der Waals surface area contributed by atoms with E-state index in [1.807, 2.05) is 6.07 Å². The molecule has 0 saturated carbocycles. The number of halogens is 1. The van der Waals surface area contributed by atoms with Gasteiger partial charge in [0.15, 0.2) is 11.5 Å². The van der Waals surface area contributed by atoms with Crippen molar-refractivity contribution in [1.29, 1.82) is 0 Å². The largest absolute Gasteiger partial charge is 0.486 e. The average molecular weight is 452 g/mol. The number of likely N-dealkylation sites (tertiary alicyclic amines) is 1. The van der Waals surface area contributed by atoms with E-state index in [1.165, 1.54) is 12.3 Å². The minimum absolute atomic E-state index is 0.0932. The summed E-state index contributed by atoms with van der Waals surface area (Å²) in [5, 5.41) is 3.61. The van der Waals surface area contributed by atoms with Gasteiger partial charge in [0.1, 0.15) is 19.0 Å². The molecule has 6 heterocycles. The fraction of sp³-hybridized carbons (Fsp3) is 0.458. The van der Waals surface area contributed by atoms with Crippen molar-refractivity contribution >= 4 is 11.0 Å².